The molecular formula is C25H22N2O6. The Bertz CT molecular complexity index is 1430. The van der Waals surface area contributed by atoms with Crippen LogP contribution in [0.25, 0.3) is 22.1 Å². The summed E-state index contributed by atoms with van der Waals surface area (Å²) in [5.41, 5.74) is 2.09. The average Bonchev–Trinajstić information content (AvgIpc) is 3.29. The van der Waals surface area contributed by atoms with Crippen molar-refractivity contribution < 1.29 is 23.8 Å². The molecule has 0 saturated carbocycles. The maximum absolute atomic E-state index is 13.4. The Kier molecular flexibility index (Phi) is 4.92. The molecular weight excluding hydrogens is 424 g/mol. The number of phenolic OH excluding ortho intramolecular Hbond substituents is 1. The first-order valence-corrected chi connectivity index (χ1v) is 10.6. The quantitative estimate of drug-likeness (QED) is 0.366. The molecule has 0 unspecified atom stereocenters. The molecule has 1 aliphatic heterocycles. The molecule has 4 aromatic rings. The highest BCUT2D eigenvalue weighted by Gasteiger charge is 2.35. The van der Waals surface area contributed by atoms with Crippen LogP contribution in [0.5, 0.6) is 17.2 Å². The fourth-order valence-electron chi connectivity index (χ4n) is 4.39. The highest BCUT2D eigenvalue weighted by Crippen LogP contribution is 2.45. The van der Waals surface area contributed by atoms with Crippen LogP contribution < -0.4 is 14.9 Å². The number of rotatable bonds is 4. The topological polar surface area (TPSA) is 104 Å². The number of carbonyl (C=O) groups excluding carboxylic acids is 1. The SMILES string of the molecule is COc1ccc(-c2coc3c4c(cc(O)c3c2=O)OC(=O)C[C@@H]4c2ccnn2C(C)C)cc1. The van der Waals surface area contributed by atoms with Crippen molar-refractivity contribution >= 4 is 16.9 Å². The summed E-state index contributed by atoms with van der Waals surface area (Å²) >= 11 is 0. The number of methoxy groups -OCH3 is 1. The lowest BCUT2D eigenvalue weighted by atomic mass is 9.87. The van der Waals surface area contributed by atoms with Crippen molar-refractivity contribution in [2.75, 3.05) is 7.11 Å². The minimum Gasteiger partial charge on any atom is -0.507 e. The summed E-state index contributed by atoms with van der Waals surface area (Å²) in [6.45, 7) is 3.99. The van der Waals surface area contributed by atoms with Crippen LogP contribution >= 0.6 is 0 Å². The Balaban J connectivity index is 1.75. The lowest BCUT2D eigenvalue weighted by Gasteiger charge is -2.27. The first-order valence-electron chi connectivity index (χ1n) is 10.6. The number of aromatic hydroxyl groups is 1. The Morgan fingerprint density at radius 3 is 2.64 bits per heavy atom. The number of carbonyl (C=O) groups is 1. The molecule has 1 atom stereocenters. The van der Waals surface area contributed by atoms with Crippen molar-refractivity contribution in [2.24, 2.45) is 0 Å². The molecule has 8 heteroatoms. The highest BCUT2D eigenvalue weighted by molar-refractivity contribution is 5.94. The third kappa shape index (κ3) is 3.34. The molecule has 33 heavy (non-hydrogen) atoms. The van der Waals surface area contributed by atoms with Crippen molar-refractivity contribution in [3.8, 4) is 28.4 Å². The number of aromatic nitrogens is 2. The van der Waals surface area contributed by atoms with Gasteiger partial charge in [0.2, 0.25) is 5.43 Å². The minimum atomic E-state index is -0.441. The zero-order valence-electron chi connectivity index (χ0n) is 18.4. The van der Waals surface area contributed by atoms with Gasteiger partial charge in [0.25, 0.3) is 0 Å². The first-order chi connectivity index (χ1) is 15.9. The van der Waals surface area contributed by atoms with E-state index >= 15 is 0 Å². The second-order valence-corrected chi connectivity index (χ2v) is 8.24. The number of hydrogen-bond acceptors (Lipinski definition) is 7. The average molecular weight is 446 g/mol. The summed E-state index contributed by atoms with van der Waals surface area (Å²) in [6.07, 6.45) is 3.12. The van der Waals surface area contributed by atoms with Crippen LogP contribution in [0.15, 0.2) is 58.1 Å². The molecule has 0 spiro atoms. The van der Waals surface area contributed by atoms with Crippen LogP contribution in [-0.2, 0) is 4.79 Å². The van der Waals surface area contributed by atoms with Gasteiger partial charge >= 0.3 is 5.97 Å². The second-order valence-electron chi connectivity index (χ2n) is 8.24. The molecule has 0 radical (unpaired) electrons. The number of ether oxygens (including phenoxy) is 2. The monoisotopic (exact) mass is 446 g/mol. The van der Waals surface area contributed by atoms with Crippen molar-refractivity contribution in [3.05, 3.63) is 70.3 Å². The Labute approximate surface area is 189 Å². The molecule has 1 N–H and O–H groups in total. The molecule has 0 amide bonds. The van der Waals surface area contributed by atoms with E-state index in [1.54, 1.807) is 37.6 Å². The number of esters is 1. The molecule has 8 nitrogen and oxygen atoms in total. The van der Waals surface area contributed by atoms with Crippen molar-refractivity contribution in [1.82, 2.24) is 9.78 Å². The number of hydrogen-bond donors (Lipinski definition) is 1. The van der Waals surface area contributed by atoms with E-state index in [-0.39, 0.29) is 40.4 Å². The summed E-state index contributed by atoms with van der Waals surface area (Å²) in [4.78, 5) is 25.8. The molecule has 2 aromatic carbocycles. The molecule has 0 fully saturated rings. The standard InChI is InChI=1S/C25H22N2O6/c1-13(2)27-18(8-9-26-27)16-10-21(29)33-20-11-19(28)23-24(30)17(12-32-25(23)22(16)20)14-4-6-15(31-3)7-5-14/h4-9,11-13,16,28H,10H2,1-3H3/t16-/m1/s1. The van der Waals surface area contributed by atoms with Gasteiger partial charge in [0.05, 0.1) is 19.1 Å². The maximum atomic E-state index is 13.4. The van der Waals surface area contributed by atoms with Gasteiger partial charge in [-0.3, -0.25) is 14.3 Å². The number of benzene rings is 2. The lowest BCUT2D eigenvalue weighted by molar-refractivity contribution is -0.135. The highest BCUT2D eigenvalue weighted by atomic mass is 16.5. The van der Waals surface area contributed by atoms with E-state index in [0.29, 0.717) is 22.4 Å². The summed E-state index contributed by atoms with van der Waals surface area (Å²) in [5.74, 6) is -0.340. The predicted molar refractivity (Wildman–Crippen MR) is 121 cm³/mol. The van der Waals surface area contributed by atoms with Gasteiger partial charge < -0.3 is 19.0 Å². The summed E-state index contributed by atoms with van der Waals surface area (Å²) in [5, 5.41) is 15.1. The lowest BCUT2D eigenvalue weighted by Crippen LogP contribution is -2.24. The summed E-state index contributed by atoms with van der Waals surface area (Å²) in [7, 11) is 1.56. The number of nitrogens with zero attached hydrogens (tertiary/aromatic N) is 2. The van der Waals surface area contributed by atoms with E-state index in [9.17, 15) is 14.7 Å². The van der Waals surface area contributed by atoms with E-state index in [4.69, 9.17) is 13.9 Å². The zero-order valence-corrected chi connectivity index (χ0v) is 18.4. The molecule has 0 saturated heterocycles. The van der Waals surface area contributed by atoms with Gasteiger partial charge in [0.1, 0.15) is 34.5 Å². The fraction of sp³-hybridized carbons (Fsp3) is 0.240. The van der Waals surface area contributed by atoms with E-state index in [2.05, 4.69) is 5.10 Å². The van der Waals surface area contributed by atoms with Crippen LogP contribution in [0.1, 0.15) is 43.5 Å². The largest absolute Gasteiger partial charge is 0.507 e. The molecule has 2 aromatic heterocycles. The van der Waals surface area contributed by atoms with Gasteiger partial charge in [-0.05, 0) is 37.6 Å². The van der Waals surface area contributed by atoms with E-state index in [1.165, 1.54) is 12.3 Å². The third-order valence-electron chi connectivity index (χ3n) is 5.92. The van der Waals surface area contributed by atoms with Gasteiger partial charge in [-0.1, -0.05) is 12.1 Å². The Morgan fingerprint density at radius 1 is 1.18 bits per heavy atom. The van der Waals surface area contributed by atoms with Crippen molar-refractivity contribution in [1.29, 1.82) is 0 Å². The van der Waals surface area contributed by atoms with E-state index in [0.717, 1.165) is 5.69 Å². The second kappa shape index (κ2) is 7.81. The summed E-state index contributed by atoms with van der Waals surface area (Å²) < 4.78 is 18.4. The van der Waals surface area contributed by atoms with Crippen LogP contribution in [0.3, 0.4) is 0 Å². The Hall–Kier alpha value is -4.07. The van der Waals surface area contributed by atoms with Gasteiger partial charge in [-0.2, -0.15) is 5.10 Å². The normalized spacial score (nSPS) is 15.5. The molecule has 0 bridgehead atoms. The zero-order chi connectivity index (χ0) is 23.3. The third-order valence-corrected chi connectivity index (χ3v) is 5.92. The summed E-state index contributed by atoms with van der Waals surface area (Å²) in [6, 6.07) is 10.2. The van der Waals surface area contributed by atoms with Gasteiger partial charge in [0, 0.05) is 35.5 Å². The van der Waals surface area contributed by atoms with E-state index in [1.807, 2.05) is 24.6 Å². The Morgan fingerprint density at radius 2 is 1.94 bits per heavy atom. The van der Waals surface area contributed by atoms with Crippen molar-refractivity contribution in [3.63, 3.8) is 0 Å². The molecule has 0 aliphatic carbocycles. The van der Waals surface area contributed by atoms with E-state index < -0.39 is 11.9 Å². The van der Waals surface area contributed by atoms with Gasteiger partial charge in [-0.15, -0.1) is 0 Å². The number of fused-ring (bicyclic) bond motifs is 3. The maximum Gasteiger partial charge on any atom is 0.312 e. The van der Waals surface area contributed by atoms with Crippen LogP contribution in [-0.4, -0.2) is 28.0 Å². The van der Waals surface area contributed by atoms with Crippen LogP contribution in [0.2, 0.25) is 0 Å². The van der Waals surface area contributed by atoms with Crippen molar-refractivity contribution in [2.45, 2.75) is 32.2 Å². The molecule has 3 heterocycles. The van der Waals surface area contributed by atoms with Crippen LogP contribution in [0.4, 0.5) is 0 Å². The van der Waals surface area contributed by atoms with Gasteiger partial charge in [-0.25, -0.2) is 0 Å². The molecule has 1 aliphatic rings. The molecule has 168 valence electrons. The minimum absolute atomic E-state index is 0.0422. The smallest absolute Gasteiger partial charge is 0.312 e. The fourth-order valence-corrected chi connectivity index (χ4v) is 4.39. The van der Waals surface area contributed by atoms with Crippen LogP contribution in [0, 0.1) is 0 Å². The van der Waals surface area contributed by atoms with Gasteiger partial charge in [0.15, 0.2) is 0 Å². The first kappa shape index (κ1) is 20.8. The molecule has 5 rings (SSSR count). The predicted octanol–water partition coefficient (Wildman–Crippen LogP) is 4.39. The number of phenols is 1.